The number of urea groups is 1. The Hall–Kier alpha value is -2.02. The molecule has 0 spiro atoms. The lowest BCUT2D eigenvalue weighted by molar-refractivity contribution is -0.133. The highest BCUT2D eigenvalue weighted by molar-refractivity contribution is 6.07. The highest BCUT2D eigenvalue weighted by Gasteiger charge is 2.50. The highest BCUT2D eigenvalue weighted by atomic mass is 19.2. The van der Waals surface area contributed by atoms with Gasteiger partial charge in [-0.1, -0.05) is 19.9 Å². The van der Waals surface area contributed by atoms with E-state index in [4.69, 9.17) is 0 Å². The molecule has 0 aliphatic carbocycles. The Labute approximate surface area is 126 Å². The van der Waals surface area contributed by atoms with Gasteiger partial charge in [0.1, 0.15) is 5.54 Å². The van der Waals surface area contributed by atoms with E-state index in [0.717, 1.165) is 17.0 Å². The molecule has 0 radical (unpaired) electrons. The molecule has 5 nitrogen and oxygen atoms in total. The SMILES string of the molecule is CC(C)C1(C)NC(=O)N(CC(O)c2ccc(F)c(F)c2)C1=O. The van der Waals surface area contributed by atoms with E-state index in [1.165, 1.54) is 6.07 Å². The molecule has 2 rings (SSSR count). The smallest absolute Gasteiger partial charge is 0.325 e. The number of carbonyl (C=O) groups excluding carboxylic acids is 2. The monoisotopic (exact) mass is 312 g/mol. The fraction of sp³-hybridized carbons (Fsp3) is 0.467. The van der Waals surface area contributed by atoms with Crippen molar-refractivity contribution in [3.63, 3.8) is 0 Å². The summed E-state index contributed by atoms with van der Waals surface area (Å²) in [5.41, 5.74) is -0.942. The second kappa shape index (κ2) is 5.64. The second-order valence-corrected chi connectivity index (χ2v) is 5.89. The molecule has 0 saturated carbocycles. The largest absolute Gasteiger partial charge is 0.387 e. The lowest BCUT2D eigenvalue weighted by Gasteiger charge is -2.26. The van der Waals surface area contributed by atoms with Crippen molar-refractivity contribution in [2.24, 2.45) is 5.92 Å². The van der Waals surface area contributed by atoms with Crippen molar-refractivity contribution in [3.8, 4) is 0 Å². The zero-order valence-corrected chi connectivity index (χ0v) is 12.6. The van der Waals surface area contributed by atoms with Gasteiger partial charge in [-0.05, 0) is 30.5 Å². The summed E-state index contributed by atoms with van der Waals surface area (Å²) < 4.78 is 26.1. The molecule has 2 atom stereocenters. The molecule has 2 unspecified atom stereocenters. The van der Waals surface area contributed by atoms with E-state index >= 15 is 0 Å². The fourth-order valence-electron chi connectivity index (χ4n) is 2.27. The third kappa shape index (κ3) is 2.68. The molecule has 2 N–H and O–H groups in total. The van der Waals surface area contributed by atoms with Crippen LogP contribution < -0.4 is 5.32 Å². The molecule has 1 aliphatic heterocycles. The van der Waals surface area contributed by atoms with Gasteiger partial charge in [0.2, 0.25) is 0 Å². The van der Waals surface area contributed by atoms with Crippen molar-refractivity contribution in [1.82, 2.24) is 10.2 Å². The zero-order chi connectivity index (χ0) is 16.7. The van der Waals surface area contributed by atoms with Gasteiger partial charge in [0, 0.05) is 0 Å². The van der Waals surface area contributed by atoms with Crippen LogP contribution in [0, 0.1) is 17.6 Å². The maximum Gasteiger partial charge on any atom is 0.325 e. The number of halogens is 2. The van der Waals surface area contributed by atoms with Crippen molar-refractivity contribution in [1.29, 1.82) is 0 Å². The van der Waals surface area contributed by atoms with Crippen LogP contribution in [0.1, 0.15) is 32.4 Å². The number of imide groups is 1. The van der Waals surface area contributed by atoms with Crippen LogP contribution >= 0.6 is 0 Å². The minimum absolute atomic E-state index is 0.0950. The Bertz CT molecular complexity index is 621. The van der Waals surface area contributed by atoms with Crippen LogP contribution in [0.25, 0.3) is 0 Å². The predicted molar refractivity (Wildman–Crippen MR) is 74.8 cm³/mol. The highest BCUT2D eigenvalue weighted by Crippen LogP contribution is 2.27. The maximum atomic E-state index is 13.2. The number of hydrogen-bond acceptors (Lipinski definition) is 3. The Balaban J connectivity index is 2.18. The number of nitrogens with zero attached hydrogens (tertiary/aromatic N) is 1. The summed E-state index contributed by atoms with van der Waals surface area (Å²) in [6.07, 6.45) is -1.29. The topological polar surface area (TPSA) is 69.6 Å². The lowest BCUT2D eigenvalue weighted by Crippen LogP contribution is -2.48. The molecule has 1 aliphatic rings. The van der Waals surface area contributed by atoms with E-state index in [1.807, 2.05) is 0 Å². The first-order valence-electron chi connectivity index (χ1n) is 6.94. The van der Waals surface area contributed by atoms with Crippen LogP contribution in [-0.4, -0.2) is 34.0 Å². The van der Waals surface area contributed by atoms with Gasteiger partial charge in [-0.3, -0.25) is 9.69 Å². The number of β-amino-alcohol motifs (C(OH)–C–C–N with tert-alkyl or cyclic N) is 1. The van der Waals surface area contributed by atoms with Crippen molar-refractivity contribution in [2.75, 3.05) is 6.54 Å². The summed E-state index contributed by atoms with van der Waals surface area (Å²) in [6.45, 7) is 4.89. The summed E-state index contributed by atoms with van der Waals surface area (Å²) in [5.74, 6) is -2.71. The van der Waals surface area contributed by atoms with Crippen LogP contribution in [0.4, 0.5) is 13.6 Å². The van der Waals surface area contributed by atoms with E-state index in [0.29, 0.717) is 0 Å². The number of aliphatic hydroxyl groups excluding tert-OH is 1. The van der Waals surface area contributed by atoms with Crippen molar-refractivity contribution < 1.29 is 23.5 Å². The molecule has 1 aromatic carbocycles. The van der Waals surface area contributed by atoms with E-state index in [1.54, 1.807) is 20.8 Å². The molecule has 1 aromatic rings. The van der Waals surface area contributed by atoms with Gasteiger partial charge in [-0.15, -0.1) is 0 Å². The predicted octanol–water partition coefficient (Wildman–Crippen LogP) is 1.96. The quantitative estimate of drug-likeness (QED) is 0.835. The summed E-state index contributed by atoms with van der Waals surface area (Å²) in [4.78, 5) is 25.2. The molecule has 7 heteroatoms. The summed E-state index contributed by atoms with van der Waals surface area (Å²) in [5, 5.41) is 12.7. The van der Waals surface area contributed by atoms with Crippen molar-refractivity contribution in [2.45, 2.75) is 32.4 Å². The first kappa shape index (κ1) is 16.4. The molecule has 1 fully saturated rings. The molecule has 1 heterocycles. The third-order valence-electron chi connectivity index (χ3n) is 4.14. The number of rotatable bonds is 4. The Kier molecular flexibility index (Phi) is 4.19. The van der Waals surface area contributed by atoms with Crippen LogP contribution in [0.15, 0.2) is 18.2 Å². The number of hydrogen-bond donors (Lipinski definition) is 2. The van der Waals surface area contributed by atoms with Crippen LogP contribution in [0.2, 0.25) is 0 Å². The summed E-state index contributed by atoms with van der Waals surface area (Å²) >= 11 is 0. The third-order valence-corrected chi connectivity index (χ3v) is 4.14. The Morgan fingerprint density at radius 3 is 2.41 bits per heavy atom. The van der Waals surface area contributed by atoms with Crippen LogP contribution in [-0.2, 0) is 4.79 Å². The standard InChI is InChI=1S/C15H18F2N2O3/c1-8(2)15(3)13(21)19(14(22)18-15)7-12(20)9-4-5-10(16)11(17)6-9/h4-6,8,12,20H,7H2,1-3H3,(H,18,22). The van der Waals surface area contributed by atoms with E-state index in [2.05, 4.69) is 5.32 Å². The average Bonchev–Trinajstić information content (AvgIpc) is 2.66. The lowest BCUT2D eigenvalue weighted by atomic mass is 9.88. The normalized spacial score (nSPS) is 23.1. The van der Waals surface area contributed by atoms with Gasteiger partial charge >= 0.3 is 6.03 Å². The maximum absolute atomic E-state index is 13.2. The minimum atomic E-state index is -1.29. The van der Waals surface area contributed by atoms with E-state index in [-0.39, 0.29) is 18.0 Å². The van der Waals surface area contributed by atoms with Gasteiger partial charge in [0.05, 0.1) is 12.6 Å². The molecular weight excluding hydrogens is 294 g/mol. The molecule has 1 saturated heterocycles. The molecular formula is C15H18F2N2O3. The number of nitrogens with one attached hydrogen (secondary N) is 1. The molecule has 22 heavy (non-hydrogen) atoms. The number of carbonyl (C=O) groups is 2. The minimum Gasteiger partial charge on any atom is -0.387 e. The zero-order valence-electron chi connectivity index (χ0n) is 12.6. The number of benzene rings is 1. The number of amides is 3. The fourth-order valence-corrected chi connectivity index (χ4v) is 2.27. The Morgan fingerprint density at radius 1 is 1.27 bits per heavy atom. The number of aliphatic hydroxyl groups is 1. The van der Waals surface area contributed by atoms with Gasteiger partial charge in [0.25, 0.3) is 5.91 Å². The van der Waals surface area contributed by atoms with Gasteiger partial charge in [0.15, 0.2) is 11.6 Å². The van der Waals surface area contributed by atoms with Crippen molar-refractivity contribution in [3.05, 3.63) is 35.4 Å². The molecule has 0 aromatic heterocycles. The second-order valence-electron chi connectivity index (χ2n) is 5.89. The Morgan fingerprint density at radius 2 is 1.91 bits per heavy atom. The first-order chi connectivity index (χ1) is 10.2. The molecule has 3 amide bonds. The molecule has 120 valence electrons. The summed E-state index contributed by atoms with van der Waals surface area (Å²) in [7, 11) is 0. The van der Waals surface area contributed by atoms with Gasteiger partial charge < -0.3 is 10.4 Å². The van der Waals surface area contributed by atoms with Gasteiger partial charge in [-0.2, -0.15) is 0 Å². The van der Waals surface area contributed by atoms with Crippen molar-refractivity contribution >= 4 is 11.9 Å². The van der Waals surface area contributed by atoms with E-state index in [9.17, 15) is 23.5 Å². The van der Waals surface area contributed by atoms with E-state index < -0.39 is 35.2 Å². The van der Waals surface area contributed by atoms with Gasteiger partial charge in [-0.25, -0.2) is 13.6 Å². The summed E-state index contributed by atoms with van der Waals surface area (Å²) in [6, 6.07) is 2.34. The average molecular weight is 312 g/mol. The molecule has 0 bridgehead atoms. The van der Waals surface area contributed by atoms with Crippen LogP contribution in [0.3, 0.4) is 0 Å². The van der Waals surface area contributed by atoms with Crippen LogP contribution in [0.5, 0.6) is 0 Å². The first-order valence-corrected chi connectivity index (χ1v) is 6.94.